The smallest absolute Gasteiger partial charge is 0.0910 e. The van der Waals surface area contributed by atoms with Gasteiger partial charge in [-0.05, 0) is 12.1 Å². The lowest BCUT2D eigenvalue weighted by atomic mass is 10.3. The minimum Gasteiger partial charge on any atom is -0.256 e. The summed E-state index contributed by atoms with van der Waals surface area (Å²) in [6.07, 6.45) is 0. The average Bonchev–Trinajstić information content (AvgIpc) is 2.58. The number of nitrogens with zero attached hydrogens (tertiary/aromatic N) is 1. The molecule has 3 heteroatoms. The van der Waals surface area contributed by atoms with Crippen molar-refractivity contribution in [3.63, 3.8) is 0 Å². The third-order valence-corrected chi connectivity index (χ3v) is 1.57. The molecule has 0 unspecified atom stereocenters. The minimum atomic E-state index is 0.745. The predicted octanol–water partition coefficient (Wildman–Crippen LogP) is 0.943. The van der Waals surface area contributed by atoms with E-state index < -0.39 is 0 Å². The van der Waals surface area contributed by atoms with Crippen LogP contribution < -0.4 is 10.6 Å². The van der Waals surface area contributed by atoms with E-state index >= 15 is 0 Å². The van der Waals surface area contributed by atoms with Crippen molar-refractivity contribution in [3.05, 3.63) is 30.3 Å². The largest absolute Gasteiger partial charge is 0.256 e. The fourth-order valence-corrected chi connectivity index (χ4v) is 1.06. The highest BCUT2D eigenvalue weighted by Crippen LogP contribution is 2.12. The Morgan fingerprint density at radius 3 is 2.73 bits per heavy atom. The Labute approximate surface area is 65.5 Å². The molecule has 0 aromatic heterocycles. The van der Waals surface area contributed by atoms with Crippen LogP contribution in [0.2, 0.25) is 0 Å². The van der Waals surface area contributed by atoms with Gasteiger partial charge < -0.3 is 0 Å². The van der Waals surface area contributed by atoms with Crippen LogP contribution in [0.4, 0.5) is 5.69 Å². The molecule has 1 N–H and O–H groups in total. The SMILES string of the molecule is c1ccc(N2NCCO2)cc1. The third kappa shape index (κ3) is 1.34. The zero-order valence-corrected chi connectivity index (χ0v) is 6.16. The van der Waals surface area contributed by atoms with Gasteiger partial charge in [0.05, 0.1) is 12.3 Å². The van der Waals surface area contributed by atoms with Crippen molar-refractivity contribution in [2.45, 2.75) is 0 Å². The molecule has 1 aromatic rings. The standard InChI is InChI=1S/C8H10N2O/c1-2-4-8(5-3-1)10-9-6-7-11-10/h1-5,9H,6-7H2. The van der Waals surface area contributed by atoms with E-state index in [9.17, 15) is 0 Å². The first-order chi connectivity index (χ1) is 5.47. The second kappa shape index (κ2) is 2.90. The first-order valence-corrected chi connectivity index (χ1v) is 3.68. The van der Waals surface area contributed by atoms with Gasteiger partial charge in [0.1, 0.15) is 0 Å². The summed E-state index contributed by atoms with van der Waals surface area (Å²) in [5, 5.41) is 1.69. The van der Waals surface area contributed by atoms with Crippen molar-refractivity contribution in [1.29, 1.82) is 0 Å². The summed E-state index contributed by atoms with van der Waals surface area (Å²) in [4.78, 5) is 5.26. The Morgan fingerprint density at radius 2 is 2.09 bits per heavy atom. The van der Waals surface area contributed by atoms with Crippen LogP contribution in [0.1, 0.15) is 0 Å². The number of anilines is 1. The number of hydrogen-bond donors (Lipinski definition) is 1. The number of nitrogens with one attached hydrogen (secondary N) is 1. The predicted molar refractivity (Wildman–Crippen MR) is 42.9 cm³/mol. The molecule has 1 fully saturated rings. The first kappa shape index (κ1) is 6.64. The monoisotopic (exact) mass is 150 g/mol. The number of benzene rings is 1. The van der Waals surface area contributed by atoms with Crippen LogP contribution in [-0.4, -0.2) is 13.2 Å². The molecule has 1 saturated heterocycles. The zero-order valence-electron chi connectivity index (χ0n) is 6.16. The molecule has 1 aliphatic heterocycles. The number of para-hydroxylation sites is 1. The molecule has 0 bridgehead atoms. The Hall–Kier alpha value is -1.06. The van der Waals surface area contributed by atoms with Crippen molar-refractivity contribution in [2.75, 3.05) is 18.3 Å². The molecule has 1 aliphatic rings. The van der Waals surface area contributed by atoms with E-state index in [0.29, 0.717) is 0 Å². The molecule has 58 valence electrons. The van der Waals surface area contributed by atoms with Gasteiger partial charge in [0.2, 0.25) is 0 Å². The van der Waals surface area contributed by atoms with E-state index in [1.54, 1.807) is 5.17 Å². The molecular formula is C8H10N2O. The summed E-state index contributed by atoms with van der Waals surface area (Å²) in [6.45, 7) is 1.63. The maximum absolute atomic E-state index is 5.26. The topological polar surface area (TPSA) is 24.5 Å². The molecule has 0 atom stereocenters. The van der Waals surface area contributed by atoms with E-state index in [-0.39, 0.29) is 0 Å². The van der Waals surface area contributed by atoms with Crippen LogP contribution in [-0.2, 0) is 4.84 Å². The van der Waals surface area contributed by atoms with Gasteiger partial charge in [-0.15, -0.1) is 0 Å². The summed E-state index contributed by atoms with van der Waals surface area (Å²) in [5.74, 6) is 0. The molecule has 0 saturated carbocycles. The van der Waals surface area contributed by atoms with Crippen LogP contribution in [0, 0.1) is 0 Å². The van der Waals surface area contributed by atoms with Crippen LogP contribution in [0.5, 0.6) is 0 Å². The molecule has 1 heterocycles. The van der Waals surface area contributed by atoms with Gasteiger partial charge >= 0.3 is 0 Å². The third-order valence-electron chi connectivity index (χ3n) is 1.57. The van der Waals surface area contributed by atoms with Crippen molar-refractivity contribution in [3.8, 4) is 0 Å². The van der Waals surface area contributed by atoms with Gasteiger partial charge in [0.25, 0.3) is 0 Å². The Kier molecular flexibility index (Phi) is 1.75. The van der Waals surface area contributed by atoms with Gasteiger partial charge in [-0.1, -0.05) is 18.2 Å². The van der Waals surface area contributed by atoms with Gasteiger partial charge in [0, 0.05) is 6.54 Å². The highest BCUT2D eigenvalue weighted by atomic mass is 16.7. The lowest BCUT2D eigenvalue weighted by Crippen LogP contribution is -2.28. The van der Waals surface area contributed by atoms with Crippen molar-refractivity contribution in [2.24, 2.45) is 0 Å². The maximum Gasteiger partial charge on any atom is 0.0910 e. The summed E-state index contributed by atoms with van der Waals surface area (Å²) < 4.78 is 0. The summed E-state index contributed by atoms with van der Waals surface area (Å²) in [7, 11) is 0. The molecule has 3 nitrogen and oxygen atoms in total. The second-order valence-corrected chi connectivity index (χ2v) is 2.37. The van der Waals surface area contributed by atoms with Gasteiger partial charge in [0.15, 0.2) is 0 Å². The lowest BCUT2D eigenvalue weighted by molar-refractivity contribution is 0.158. The van der Waals surface area contributed by atoms with Crippen LogP contribution in [0.15, 0.2) is 30.3 Å². The minimum absolute atomic E-state index is 0.745. The Bertz CT molecular complexity index is 219. The van der Waals surface area contributed by atoms with E-state index in [4.69, 9.17) is 4.84 Å². The Morgan fingerprint density at radius 1 is 1.27 bits per heavy atom. The summed E-state index contributed by atoms with van der Waals surface area (Å²) in [6, 6.07) is 9.95. The lowest BCUT2D eigenvalue weighted by Gasteiger charge is -2.14. The summed E-state index contributed by atoms with van der Waals surface area (Å²) in [5.41, 5.74) is 4.13. The molecule has 0 aliphatic carbocycles. The van der Waals surface area contributed by atoms with Gasteiger partial charge in [-0.2, -0.15) is 5.17 Å². The van der Waals surface area contributed by atoms with E-state index in [0.717, 1.165) is 18.8 Å². The Balaban J connectivity index is 2.16. The molecule has 2 rings (SSSR count). The van der Waals surface area contributed by atoms with Crippen LogP contribution >= 0.6 is 0 Å². The molecule has 0 radical (unpaired) electrons. The van der Waals surface area contributed by atoms with Gasteiger partial charge in [-0.3, -0.25) is 4.84 Å². The van der Waals surface area contributed by atoms with E-state index in [1.165, 1.54) is 0 Å². The number of hydrazine groups is 1. The first-order valence-electron chi connectivity index (χ1n) is 3.68. The zero-order chi connectivity index (χ0) is 7.52. The van der Waals surface area contributed by atoms with Crippen LogP contribution in [0.25, 0.3) is 0 Å². The highest BCUT2D eigenvalue weighted by Gasteiger charge is 2.10. The van der Waals surface area contributed by atoms with Crippen LogP contribution in [0.3, 0.4) is 0 Å². The van der Waals surface area contributed by atoms with Crippen molar-refractivity contribution < 1.29 is 4.84 Å². The normalized spacial score (nSPS) is 17.3. The molecule has 0 amide bonds. The van der Waals surface area contributed by atoms with Crippen molar-refractivity contribution in [1.82, 2.24) is 5.43 Å². The number of hydrogen-bond acceptors (Lipinski definition) is 3. The second-order valence-electron chi connectivity index (χ2n) is 2.37. The highest BCUT2D eigenvalue weighted by molar-refractivity contribution is 5.42. The fraction of sp³-hybridized carbons (Fsp3) is 0.250. The quantitative estimate of drug-likeness (QED) is 0.645. The van der Waals surface area contributed by atoms with E-state index in [1.807, 2.05) is 30.3 Å². The average molecular weight is 150 g/mol. The fourth-order valence-electron chi connectivity index (χ4n) is 1.06. The molecule has 1 aromatic carbocycles. The number of rotatable bonds is 1. The molecule has 0 spiro atoms. The summed E-state index contributed by atoms with van der Waals surface area (Å²) >= 11 is 0. The van der Waals surface area contributed by atoms with Gasteiger partial charge in [-0.25, -0.2) is 5.43 Å². The molecule has 11 heavy (non-hydrogen) atoms. The molecular weight excluding hydrogens is 140 g/mol. The van der Waals surface area contributed by atoms with E-state index in [2.05, 4.69) is 5.43 Å². The maximum atomic E-state index is 5.26. The van der Waals surface area contributed by atoms with Crippen molar-refractivity contribution >= 4 is 5.69 Å².